The first-order valence-corrected chi connectivity index (χ1v) is 5.19. The zero-order valence-corrected chi connectivity index (χ0v) is 9.33. The van der Waals surface area contributed by atoms with E-state index in [1.165, 1.54) is 16.7 Å². The van der Waals surface area contributed by atoms with Gasteiger partial charge in [-0.1, -0.05) is 23.8 Å². The monoisotopic (exact) mass is 209 g/mol. The molecule has 1 aromatic rings. The van der Waals surface area contributed by atoms with Crippen LogP contribution in [0.1, 0.15) is 16.7 Å². The average molecular weight is 209 g/mol. The van der Waals surface area contributed by atoms with Crippen LogP contribution in [0, 0.1) is 13.8 Å². The molecule has 0 spiro atoms. The van der Waals surface area contributed by atoms with Crippen molar-refractivity contribution < 1.29 is 10.2 Å². The molecular formula is C12H19NO2. The lowest BCUT2D eigenvalue weighted by molar-refractivity contribution is 0.0942. The zero-order valence-electron chi connectivity index (χ0n) is 9.33. The van der Waals surface area contributed by atoms with E-state index in [1.807, 2.05) is 0 Å². The van der Waals surface area contributed by atoms with Crippen molar-refractivity contribution in [1.29, 1.82) is 0 Å². The van der Waals surface area contributed by atoms with Gasteiger partial charge in [0.15, 0.2) is 0 Å². The van der Waals surface area contributed by atoms with E-state index in [0.29, 0.717) is 6.54 Å². The SMILES string of the molecule is Cc1ccc(CNCC(O)CO)c(C)c1. The summed E-state index contributed by atoms with van der Waals surface area (Å²) < 4.78 is 0. The summed E-state index contributed by atoms with van der Waals surface area (Å²) >= 11 is 0. The summed E-state index contributed by atoms with van der Waals surface area (Å²) in [7, 11) is 0. The van der Waals surface area contributed by atoms with Crippen LogP contribution in [0.4, 0.5) is 0 Å². The fraction of sp³-hybridized carbons (Fsp3) is 0.500. The van der Waals surface area contributed by atoms with E-state index in [1.54, 1.807) is 0 Å². The molecule has 0 aromatic heterocycles. The van der Waals surface area contributed by atoms with Crippen molar-refractivity contribution in [3.8, 4) is 0 Å². The number of benzene rings is 1. The van der Waals surface area contributed by atoms with Gasteiger partial charge in [0.05, 0.1) is 12.7 Å². The maximum atomic E-state index is 9.14. The van der Waals surface area contributed by atoms with Crippen molar-refractivity contribution in [3.05, 3.63) is 34.9 Å². The summed E-state index contributed by atoms with van der Waals surface area (Å²) in [6, 6.07) is 6.30. The third kappa shape index (κ3) is 4.00. The van der Waals surface area contributed by atoms with Gasteiger partial charge in [0.1, 0.15) is 0 Å². The van der Waals surface area contributed by atoms with Crippen LogP contribution >= 0.6 is 0 Å². The maximum absolute atomic E-state index is 9.14. The maximum Gasteiger partial charge on any atom is 0.0895 e. The molecule has 3 nitrogen and oxygen atoms in total. The number of aryl methyl sites for hydroxylation is 2. The van der Waals surface area contributed by atoms with Crippen molar-refractivity contribution >= 4 is 0 Å². The highest BCUT2D eigenvalue weighted by atomic mass is 16.3. The van der Waals surface area contributed by atoms with Crippen molar-refractivity contribution in [3.63, 3.8) is 0 Å². The van der Waals surface area contributed by atoms with Gasteiger partial charge >= 0.3 is 0 Å². The minimum Gasteiger partial charge on any atom is -0.394 e. The van der Waals surface area contributed by atoms with Crippen LogP contribution in [0.5, 0.6) is 0 Å². The Labute approximate surface area is 90.8 Å². The van der Waals surface area contributed by atoms with E-state index in [0.717, 1.165) is 6.54 Å². The van der Waals surface area contributed by atoms with Gasteiger partial charge in [0.25, 0.3) is 0 Å². The normalized spacial score (nSPS) is 12.8. The lowest BCUT2D eigenvalue weighted by atomic mass is 10.1. The average Bonchev–Trinajstić information content (AvgIpc) is 2.21. The molecule has 0 saturated carbocycles. The van der Waals surface area contributed by atoms with Gasteiger partial charge < -0.3 is 15.5 Å². The molecule has 3 N–H and O–H groups in total. The number of aliphatic hydroxyl groups excluding tert-OH is 2. The number of rotatable bonds is 5. The molecule has 0 aliphatic heterocycles. The minimum atomic E-state index is -0.671. The lowest BCUT2D eigenvalue weighted by Gasteiger charge is -2.11. The Morgan fingerprint density at radius 2 is 2.07 bits per heavy atom. The third-order valence-corrected chi connectivity index (χ3v) is 2.40. The van der Waals surface area contributed by atoms with Crippen LogP contribution in [0.25, 0.3) is 0 Å². The number of hydrogen-bond donors (Lipinski definition) is 3. The predicted molar refractivity (Wildman–Crippen MR) is 60.7 cm³/mol. The first kappa shape index (κ1) is 12.2. The largest absolute Gasteiger partial charge is 0.394 e. The molecule has 0 aliphatic carbocycles. The van der Waals surface area contributed by atoms with Crippen LogP contribution in [-0.2, 0) is 6.54 Å². The first-order chi connectivity index (χ1) is 7.13. The minimum absolute atomic E-state index is 0.195. The van der Waals surface area contributed by atoms with Crippen molar-refractivity contribution in [2.24, 2.45) is 0 Å². The molecule has 0 amide bonds. The molecule has 84 valence electrons. The number of hydrogen-bond acceptors (Lipinski definition) is 3. The van der Waals surface area contributed by atoms with E-state index in [4.69, 9.17) is 10.2 Å². The summed E-state index contributed by atoms with van der Waals surface area (Å²) in [6.07, 6.45) is -0.671. The second kappa shape index (κ2) is 5.85. The highest BCUT2D eigenvalue weighted by Gasteiger charge is 2.02. The Bertz CT molecular complexity index is 312. The van der Waals surface area contributed by atoms with Crippen LogP contribution in [0.15, 0.2) is 18.2 Å². The van der Waals surface area contributed by atoms with Gasteiger partial charge in [-0.15, -0.1) is 0 Å². The number of aliphatic hydroxyl groups is 2. The summed E-state index contributed by atoms with van der Waals surface area (Å²) in [4.78, 5) is 0. The van der Waals surface area contributed by atoms with Gasteiger partial charge in [-0.25, -0.2) is 0 Å². The fourth-order valence-electron chi connectivity index (χ4n) is 1.48. The molecule has 1 unspecified atom stereocenters. The number of nitrogens with one attached hydrogen (secondary N) is 1. The topological polar surface area (TPSA) is 52.5 Å². The van der Waals surface area contributed by atoms with E-state index < -0.39 is 6.10 Å². The predicted octanol–water partition coefficient (Wildman–Crippen LogP) is 0.746. The van der Waals surface area contributed by atoms with Gasteiger partial charge in [0, 0.05) is 13.1 Å². The smallest absolute Gasteiger partial charge is 0.0895 e. The summed E-state index contributed by atoms with van der Waals surface area (Å²) in [5.74, 6) is 0. The quantitative estimate of drug-likeness (QED) is 0.670. The summed E-state index contributed by atoms with van der Waals surface area (Å²) in [6.45, 7) is 5.10. The summed E-state index contributed by atoms with van der Waals surface area (Å²) in [5.41, 5.74) is 3.73. The Morgan fingerprint density at radius 1 is 1.33 bits per heavy atom. The van der Waals surface area contributed by atoms with Crippen molar-refractivity contribution in [1.82, 2.24) is 5.32 Å². The zero-order chi connectivity index (χ0) is 11.3. The van der Waals surface area contributed by atoms with E-state index in [2.05, 4.69) is 37.4 Å². The van der Waals surface area contributed by atoms with E-state index in [9.17, 15) is 0 Å². The molecule has 0 aliphatic rings. The van der Waals surface area contributed by atoms with Crippen LogP contribution < -0.4 is 5.32 Å². The van der Waals surface area contributed by atoms with Crippen molar-refractivity contribution in [2.45, 2.75) is 26.5 Å². The molecular weight excluding hydrogens is 190 g/mol. The molecule has 0 fully saturated rings. The van der Waals surface area contributed by atoms with Gasteiger partial charge in [-0.2, -0.15) is 0 Å². The Hall–Kier alpha value is -0.900. The van der Waals surface area contributed by atoms with Crippen LogP contribution in [0.2, 0.25) is 0 Å². The molecule has 0 bridgehead atoms. The highest BCUT2D eigenvalue weighted by molar-refractivity contribution is 5.30. The van der Waals surface area contributed by atoms with Gasteiger partial charge in [-0.3, -0.25) is 0 Å². The van der Waals surface area contributed by atoms with Crippen molar-refractivity contribution in [2.75, 3.05) is 13.2 Å². The molecule has 0 radical (unpaired) electrons. The molecule has 1 aromatic carbocycles. The van der Waals surface area contributed by atoms with Crippen LogP contribution in [0.3, 0.4) is 0 Å². The molecule has 0 saturated heterocycles. The van der Waals surface area contributed by atoms with E-state index in [-0.39, 0.29) is 6.61 Å². The molecule has 1 atom stereocenters. The summed E-state index contributed by atoms with van der Waals surface area (Å²) in [5, 5.41) is 20.9. The molecule has 1 rings (SSSR count). The second-order valence-electron chi connectivity index (χ2n) is 3.90. The van der Waals surface area contributed by atoms with Gasteiger partial charge in [-0.05, 0) is 25.0 Å². The standard InChI is InChI=1S/C12H19NO2/c1-9-3-4-11(10(2)5-9)6-13-7-12(15)8-14/h3-5,12-15H,6-8H2,1-2H3. The van der Waals surface area contributed by atoms with Gasteiger partial charge in [0.2, 0.25) is 0 Å². The first-order valence-electron chi connectivity index (χ1n) is 5.19. The molecule has 0 heterocycles. The second-order valence-corrected chi connectivity index (χ2v) is 3.90. The van der Waals surface area contributed by atoms with E-state index >= 15 is 0 Å². The molecule has 3 heteroatoms. The Kier molecular flexibility index (Phi) is 4.75. The fourth-order valence-corrected chi connectivity index (χ4v) is 1.48. The Morgan fingerprint density at radius 3 is 2.67 bits per heavy atom. The Balaban J connectivity index is 2.44. The van der Waals surface area contributed by atoms with Crippen LogP contribution in [-0.4, -0.2) is 29.5 Å². The molecule has 15 heavy (non-hydrogen) atoms. The lowest BCUT2D eigenvalue weighted by Crippen LogP contribution is -2.29. The highest BCUT2D eigenvalue weighted by Crippen LogP contribution is 2.09. The third-order valence-electron chi connectivity index (χ3n) is 2.40.